The van der Waals surface area contributed by atoms with Crippen LogP contribution < -0.4 is 11.1 Å². The lowest BCUT2D eigenvalue weighted by molar-refractivity contribution is 0.108. The topological polar surface area (TPSA) is 77.7 Å². The van der Waals surface area contributed by atoms with Gasteiger partial charge in [0.05, 0.1) is 6.61 Å². The molecule has 29 heavy (non-hydrogen) atoms. The van der Waals surface area contributed by atoms with E-state index in [-0.39, 0.29) is 6.61 Å². The molecule has 1 saturated heterocycles. The van der Waals surface area contributed by atoms with Crippen LogP contribution in [0.5, 0.6) is 0 Å². The molecule has 1 fully saturated rings. The van der Waals surface area contributed by atoms with Crippen molar-refractivity contribution in [2.75, 3.05) is 56.9 Å². The highest BCUT2D eigenvalue weighted by molar-refractivity contribution is 5.52. The number of rotatable bonds is 10. The van der Waals surface area contributed by atoms with Gasteiger partial charge in [-0.25, -0.2) is 4.98 Å². The number of hydrogen-bond donors (Lipinski definition) is 3. The summed E-state index contributed by atoms with van der Waals surface area (Å²) in [5.41, 5.74) is 10.6. The van der Waals surface area contributed by atoms with E-state index < -0.39 is 0 Å². The summed E-state index contributed by atoms with van der Waals surface area (Å²) in [6.45, 7) is 9.36. The Kier molecular flexibility index (Phi) is 8.28. The molecule has 158 valence electrons. The molecule has 0 aliphatic carbocycles. The highest BCUT2D eigenvalue weighted by Gasteiger charge is 2.16. The molecule has 3 rings (SSSR count). The average molecular weight is 398 g/mol. The highest BCUT2D eigenvalue weighted by atomic mass is 16.3. The molecule has 6 nitrogen and oxygen atoms in total. The Morgan fingerprint density at radius 1 is 1.03 bits per heavy atom. The number of pyridine rings is 1. The van der Waals surface area contributed by atoms with Crippen molar-refractivity contribution in [2.24, 2.45) is 0 Å². The smallest absolute Gasteiger partial charge is 0.125 e. The minimum Gasteiger partial charge on any atom is -0.395 e. The molecule has 0 atom stereocenters. The fourth-order valence-electron chi connectivity index (χ4n) is 3.76. The van der Waals surface area contributed by atoms with Crippen LogP contribution in [-0.4, -0.2) is 65.8 Å². The van der Waals surface area contributed by atoms with Gasteiger partial charge in [0.1, 0.15) is 5.82 Å². The van der Waals surface area contributed by atoms with Gasteiger partial charge in [0.2, 0.25) is 0 Å². The normalized spacial score (nSPS) is 15.5. The van der Waals surface area contributed by atoms with Gasteiger partial charge in [-0.15, -0.1) is 0 Å². The number of nitrogens with two attached hydrogens (primary N) is 1. The van der Waals surface area contributed by atoms with Crippen LogP contribution in [-0.2, 0) is 13.0 Å². The summed E-state index contributed by atoms with van der Waals surface area (Å²) in [4.78, 5) is 9.31. The molecular weight excluding hydrogens is 362 g/mol. The number of anilines is 2. The van der Waals surface area contributed by atoms with Crippen molar-refractivity contribution in [3.8, 4) is 0 Å². The van der Waals surface area contributed by atoms with Crippen LogP contribution in [0.4, 0.5) is 11.5 Å². The molecule has 1 aliphatic heterocycles. The van der Waals surface area contributed by atoms with Gasteiger partial charge in [-0.3, -0.25) is 9.80 Å². The van der Waals surface area contributed by atoms with Crippen molar-refractivity contribution in [2.45, 2.75) is 32.7 Å². The molecule has 0 radical (unpaired) electrons. The van der Waals surface area contributed by atoms with Crippen molar-refractivity contribution in [3.63, 3.8) is 0 Å². The number of aliphatic hydroxyl groups excluding tert-OH is 1. The molecular formula is C23H35N5O. The molecule has 2 aromatic rings. The van der Waals surface area contributed by atoms with Gasteiger partial charge >= 0.3 is 0 Å². The molecule has 2 heterocycles. The first-order valence-corrected chi connectivity index (χ1v) is 10.8. The first kappa shape index (κ1) is 21.6. The number of benzene rings is 1. The summed E-state index contributed by atoms with van der Waals surface area (Å²) in [5, 5.41) is 12.5. The molecule has 0 spiro atoms. The van der Waals surface area contributed by atoms with Crippen LogP contribution in [0.15, 0.2) is 36.4 Å². The van der Waals surface area contributed by atoms with E-state index in [9.17, 15) is 0 Å². The number of aromatic nitrogens is 1. The summed E-state index contributed by atoms with van der Waals surface area (Å²) in [7, 11) is 0. The lowest BCUT2D eigenvalue weighted by Gasteiger charge is -2.34. The fraction of sp³-hybridized carbons (Fsp3) is 0.522. The molecule has 0 bridgehead atoms. The molecule has 0 unspecified atom stereocenters. The Morgan fingerprint density at radius 3 is 2.41 bits per heavy atom. The highest BCUT2D eigenvalue weighted by Crippen LogP contribution is 2.17. The monoisotopic (exact) mass is 397 g/mol. The van der Waals surface area contributed by atoms with Gasteiger partial charge in [-0.2, -0.15) is 0 Å². The Hall–Kier alpha value is -2.15. The number of hydrogen-bond acceptors (Lipinski definition) is 6. The van der Waals surface area contributed by atoms with E-state index in [1.54, 1.807) is 0 Å². The lowest BCUT2D eigenvalue weighted by atomic mass is 10.1. The second-order valence-electron chi connectivity index (χ2n) is 7.89. The minimum absolute atomic E-state index is 0.250. The number of nitrogen functional groups attached to an aromatic ring is 1. The van der Waals surface area contributed by atoms with Gasteiger partial charge in [0, 0.05) is 69.7 Å². The third-order valence-corrected chi connectivity index (χ3v) is 5.45. The van der Waals surface area contributed by atoms with Gasteiger partial charge in [0.15, 0.2) is 0 Å². The second kappa shape index (κ2) is 11.1. The lowest BCUT2D eigenvalue weighted by Crippen LogP contribution is -2.46. The first-order chi connectivity index (χ1) is 14.2. The van der Waals surface area contributed by atoms with Crippen LogP contribution >= 0.6 is 0 Å². The molecule has 0 amide bonds. The van der Waals surface area contributed by atoms with Gasteiger partial charge in [0.25, 0.3) is 0 Å². The van der Waals surface area contributed by atoms with E-state index in [0.29, 0.717) is 5.82 Å². The third kappa shape index (κ3) is 6.99. The zero-order chi connectivity index (χ0) is 20.5. The second-order valence-corrected chi connectivity index (χ2v) is 7.89. The van der Waals surface area contributed by atoms with Crippen LogP contribution in [0.1, 0.15) is 36.6 Å². The Morgan fingerprint density at radius 2 is 1.72 bits per heavy atom. The molecule has 6 heteroatoms. The summed E-state index contributed by atoms with van der Waals surface area (Å²) in [6.07, 6.45) is 3.11. The maximum absolute atomic E-state index is 9.06. The number of β-amino-alcohol motifs (C(OH)–C–C–N with tert-alkyl or cyclic N) is 1. The number of nitrogens with zero attached hydrogens (tertiary/aromatic N) is 3. The SMILES string of the molecule is CCCCNc1cc(N)nc(Cc2ccc(CN3CCN(CCO)CC3)cc2)c1. The van der Waals surface area contributed by atoms with E-state index in [4.69, 9.17) is 10.8 Å². The standard InChI is InChI=1S/C23H35N5O/c1-2-3-8-25-21-16-22(26-23(24)17-21)15-19-4-6-20(7-5-19)18-28-11-9-27(10-12-28)13-14-29/h4-7,16-17,29H,2-3,8-15,18H2,1H3,(H3,24,25,26). The molecule has 0 saturated carbocycles. The van der Waals surface area contributed by atoms with Crippen molar-refractivity contribution in [1.29, 1.82) is 0 Å². The third-order valence-electron chi connectivity index (χ3n) is 5.45. The summed E-state index contributed by atoms with van der Waals surface area (Å²) >= 11 is 0. The van der Waals surface area contributed by atoms with E-state index in [0.717, 1.165) is 70.0 Å². The van der Waals surface area contributed by atoms with Gasteiger partial charge in [-0.05, 0) is 23.6 Å². The zero-order valence-electron chi connectivity index (χ0n) is 17.6. The van der Waals surface area contributed by atoms with E-state index in [1.165, 1.54) is 17.5 Å². The Balaban J connectivity index is 1.53. The fourth-order valence-corrected chi connectivity index (χ4v) is 3.76. The van der Waals surface area contributed by atoms with Crippen molar-refractivity contribution in [1.82, 2.24) is 14.8 Å². The number of nitrogens with one attached hydrogen (secondary N) is 1. The molecule has 1 aliphatic rings. The number of piperazine rings is 1. The zero-order valence-corrected chi connectivity index (χ0v) is 17.6. The Bertz CT molecular complexity index is 741. The number of aliphatic hydroxyl groups is 1. The van der Waals surface area contributed by atoms with Gasteiger partial charge < -0.3 is 16.2 Å². The Labute approximate surface area is 174 Å². The largest absolute Gasteiger partial charge is 0.395 e. The summed E-state index contributed by atoms with van der Waals surface area (Å²) < 4.78 is 0. The van der Waals surface area contributed by atoms with E-state index >= 15 is 0 Å². The predicted molar refractivity (Wildman–Crippen MR) is 120 cm³/mol. The van der Waals surface area contributed by atoms with Crippen molar-refractivity contribution in [3.05, 3.63) is 53.2 Å². The minimum atomic E-state index is 0.250. The van der Waals surface area contributed by atoms with Crippen LogP contribution in [0, 0.1) is 0 Å². The average Bonchev–Trinajstić information content (AvgIpc) is 2.71. The predicted octanol–water partition coefficient (Wildman–Crippen LogP) is 2.58. The van der Waals surface area contributed by atoms with Crippen LogP contribution in [0.2, 0.25) is 0 Å². The van der Waals surface area contributed by atoms with Crippen molar-refractivity contribution >= 4 is 11.5 Å². The quantitative estimate of drug-likeness (QED) is 0.535. The first-order valence-electron chi connectivity index (χ1n) is 10.8. The maximum Gasteiger partial charge on any atom is 0.125 e. The van der Waals surface area contributed by atoms with Crippen LogP contribution in [0.3, 0.4) is 0 Å². The summed E-state index contributed by atoms with van der Waals surface area (Å²) in [5.74, 6) is 0.568. The summed E-state index contributed by atoms with van der Waals surface area (Å²) in [6, 6.07) is 12.9. The molecule has 1 aromatic heterocycles. The number of unbranched alkanes of at least 4 members (excludes halogenated alkanes) is 1. The van der Waals surface area contributed by atoms with Gasteiger partial charge in [-0.1, -0.05) is 37.6 Å². The maximum atomic E-state index is 9.06. The molecule has 1 aromatic carbocycles. The van der Waals surface area contributed by atoms with E-state index in [2.05, 4.69) is 57.4 Å². The van der Waals surface area contributed by atoms with Crippen LogP contribution in [0.25, 0.3) is 0 Å². The molecule has 4 N–H and O–H groups in total. The van der Waals surface area contributed by atoms with Crippen molar-refractivity contribution < 1.29 is 5.11 Å². The van der Waals surface area contributed by atoms with E-state index in [1.807, 2.05) is 6.07 Å².